The zero-order chi connectivity index (χ0) is 18.5. The van der Waals surface area contributed by atoms with Crippen molar-refractivity contribution in [3.63, 3.8) is 0 Å². The van der Waals surface area contributed by atoms with Crippen LogP contribution < -0.4 is 5.32 Å². The van der Waals surface area contributed by atoms with Crippen molar-refractivity contribution in [1.82, 2.24) is 0 Å². The fraction of sp³-hybridized carbons (Fsp3) is 0.136. The second-order valence-electron chi connectivity index (χ2n) is 6.25. The number of hydrogen-bond acceptors (Lipinski definition) is 2. The molecule has 26 heavy (non-hydrogen) atoms. The standard InChI is InChI=1S/C22H19ClFNO/c1-15-2-4-16(5-3-15)21(25-20-12-8-18(23)9-13-20)14-22(26)17-6-10-19(24)11-7-17/h2-13,21,25H,14H2,1H3/t21-/m1/s1. The van der Waals surface area contributed by atoms with Crippen molar-refractivity contribution in [2.24, 2.45) is 0 Å². The summed E-state index contributed by atoms with van der Waals surface area (Å²) in [7, 11) is 0. The van der Waals surface area contributed by atoms with E-state index in [0.717, 1.165) is 16.8 Å². The number of carbonyl (C=O) groups excluding carboxylic acids is 1. The van der Waals surface area contributed by atoms with Gasteiger partial charge in [0.1, 0.15) is 5.82 Å². The Morgan fingerprint density at radius 2 is 1.58 bits per heavy atom. The van der Waals surface area contributed by atoms with Crippen molar-refractivity contribution in [1.29, 1.82) is 0 Å². The molecule has 0 saturated carbocycles. The maximum Gasteiger partial charge on any atom is 0.165 e. The highest BCUT2D eigenvalue weighted by Crippen LogP contribution is 2.26. The first kappa shape index (κ1) is 18.2. The average molecular weight is 368 g/mol. The van der Waals surface area contributed by atoms with Crippen molar-refractivity contribution >= 4 is 23.1 Å². The molecule has 3 rings (SSSR count). The largest absolute Gasteiger partial charge is 0.378 e. The molecule has 0 fully saturated rings. The SMILES string of the molecule is Cc1ccc([C@@H](CC(=O)c2ccc(F)cc2)Nc2ccc(Cl)cc2)cc1. The third-order valence-electron chi connectivity index (χ3n) is 4.22. The number of carbonyl (C=O) groups is 1. The fourth-order valence-electron chi connectivity index (χ4n) is 2.74. The molecule has 0 bridgehead atoms. The smallest absolute Gasteiger partial charge is 0.165 e. The lowest BCUT2D eigenvalue weighted by atomic mass is 9.97. The Labute approximate surface area is 157 Å². The predicted octanol–water partition coefficient (Wildman–Crippen LogP) is 6.21. The van der Waals surface area contributed by atoms with Gasteiger partial charge in [-0.1, -0.05) is 41.4 Å². The van der Waals surface area contributed by atoms with Crippen molar-refractivity contribution in [3.05, 3.63) is 100 Å². The molecule has 0 aliphatic heterocycles. The van der Waals surface area contributed by atoms with Gasteiger partial charge in [-0.3, -0.25) is 4.79 Å². The Balaban J connectivity index is 1.84. The van der Waals surface area contributed by atoms with Crippen LogP contribution in [0.15, 0.2) is 72.8 Å². The lowest BCUT2D eigenvalue weighted by Gasteiger charge is -2.20. The van der Waals surface area contributed by atoms with E-state index in [1.54, 1.807) is 12.1 Å². The van der Waals surface area contributed by atoms with E-state index in [-0.39, 0.29) is 24.1 Å². The Hall–Kier alpha value is -2.65. The summed E-state index contributed by atoms with van der Waals surface area (Å²) in [4.78, 5) is 12.7. The van der Waals surface area contributed by atoms with Gasteiger partial charge in [-0.25, -0.2) is 4.39 Å². The van der Waals surface area contributed by atoms with Gasteiger partial charge >= 0.3 is 0 Å². The van der Waals surface area contributed by atoms with Crippen LogP contribution in [0.2, 0.25) is 5.02 Å². The third-order valence-corrected chi connectivity index (χ3v) is 4.47. The second kappa shape index (κ2) is 8.15. The molecule has 0 aliphatic rings. The lowest BCUT2D eigenvalue weighted by molar-refractivity contribution is 0.0976. The number of ketones is 1. The molecule has 0 amide bonds. The van der Waals surface area contributed by atoms with E-state index in [2.05, 4.69) is 5.32 Å². The summed E-state index contributed by atoms with van der Waals surface area (Å²) in [6, 6.07) is 20.9. The number of anilines is 1. The first-order valence-electron chi connectivity index (χ1n) is 8.39. The topological polar surface area (TPSA) is 29.1 Å². The Morgan fingerprint density at radius 3 is 2.19 bits per heavy atom. The van der Waals surface area contributed by atoms with Crippen LogP contribution in [0.1, 0.15) is 33.9 Å². The molecule has 132 valence electrons. The molecule has 2 nitrogen and oxygen atoms in total. The van der Waals surface area contributed by atoms with Crippen molar-refractivity contribution < 1.29 is 9.18 Å². The van der Waals surface area contributed by atoms with Crippen molar-refractivity contribution in [2.75, 3.05) is 5.32 Å². The van der Waals surface area contributed by atoms with Gasteiger partial charge in [0.2, 0.25) is 0 Å². The van der Waals surface area contributed by atoms with Crippen LogP contribution in [0.25, 0.3) is 0 Å². The molecule has 0 saturated heterocycles. The van der Waals surface area contributed by atoms with Crippen LogP contribution in [0.4, 0.5) is 10.1 Å². The van der Waals surface area contributed by atoms with Gasteiger partial charge in [0.25, 0.3) is 0 Å². The van der Waals surface area contributed by atoms with Crippen LogP contribution in [0.3, 0.4) is 0 Å². The highest BCUT2D eigenvalue weighted by molar-refractivity contribution is 6.30. The highest BCUT2D eigenvalue weighted by atomic mass is 35.5. The molecule has 1 N–H and O–H groups in total. The molecule has 0 heterocycles. The number of halogens is 2. The average Bonchev–Trinajstić information content (AvgIpc) is 2.64. The molecule has 0 aromatic heterocycles. The van der Waals surface area contributed by atoms with Gasteiger partial charge in [-0.15, -0.1) is 0 Å². The number of rotatable bonds is 6. The number of hydrogen-bond donors (Lipinski definition) is 1. The predicted molar refractivity (Wildman–Crippen MR) is 104 cm³/mol. The molecule has 1 atom stereocenters. The van der Waals surface area contributed by atoms with Gasteiger partial charge < -0.3 is 5.32 Å². The van der Waals surface area contributed by atoms with E-state index in [4.69, 9.17) is 11.6 Å². The molecule has 3 aromatic rings. The maximum absolute atomic E-state index is 13.1. The second-order valence-corrected chi connectivity index (χ2v) is 6.69. The van der Waals surface area contributed by atoms with Gasteiger partial charge in [0.15, 0.2) is 5.78 Å². The van der Waals surface area contributed by atoms with Crippen LogP contribution in [0.5, 0.6) is 0 Å². The zero-order valence-electron chi connectivity index (χ0n) is 14.4. The molecule has 0 spiro atoms. The molecule has 0 unspecified atom stereocenters. The van der Waals surface area contributed by atoms with Crippen LogP contribution in [-0.4, -0.2) is 5.78 Å². The number of nitrogens with one attached hydrogen (secondary N) is 1. The van der Waals surface area contributed by atoms with Gasteiger partial charge in [-0.05, 0) is 61.0 Å². The molecule has 0 radical (unpaired) electrons. The third kappa shape index (κ3) is 4.70. The fourth-order valence-corrected chi connectivity index (χ4v) is 2.86. The molecule has 3 aromatic carbocycles. The van der Waals surface area contributed by atoms with Gasteiger partial charge in [-0.2, -0.15) is 0 Å². The summed E-state index contributed by atoms with van der Waals surface area (Å²) in [5.41, 5.74) is 3.55. The minimum atomic E-state index is -0.351. The summed E-state index contributed by atoms with van der Waals surface area (Å²) >= 11 is 5.95. The van der Waals surface area contributed by atoms with Crippen LogP contribution in [0, 0.1) is 12.7 Å². The first-order chi connectivity index (χ1) is 12.5. The normalized spacial score (nSPS) is 11.8. The lowest BCUT2D eigenvalue weighted by Crippen LogP contribution is -2.16. The monoisotopic (exact) mass is 367 g/mol. The summed E-state index contributed by atoms with van der Waals surface area (Å²) < 4.78 is 13.1. The van der Waals surface area contributed by atoms with E-state index in [1.165, 1.54) is 24.3 Å². The van der Waals surface area contributed by atoms with Crippen molar-refractivity contribution in [3.8, 4) is 0 Å². The quantitative estimate of drug-likeness (QED) is 0.524. The zero-order valence-corrected chi connectivity index (χ0v) is 15.1. The Kier molecular flexibility index (Phi) is 5.69. The first-order valence-corrected chi connectivity index (χ1v) is 8.76. The van der Waals surface area contributed by atoms with E-state index < -0.39 is 0 Å². The molecular formula is C22H19ClFNO. The minimum Gasteiger partial charge on any atom is -0.378 e. The number of benzene rings is 3. The maximum atomic E-state index is 13.1. The van der Waals surface area contributed by atoms with E-state index in [1.807, 2.05) is 43.3 Å². The Bertz CT molecular complexity index is 874. The van der Waals surface area contributed by atoms with Crippen molar-refractivity contribution in [2.45, 2.75) is 19.4 Å². The van der Waals surface area contributed by atoms with E-state index in [9.17, 15) is 9.18 Å². The van der Waals surface area contributed by atoms with Crippen LogP contribution >= 0.6 is 11.6 Å². The molecule has 0 aliphatic carbocycles. The van der Waals surface area contributed by atoms with Gasteiger partial charge in [0.05, 0.1) is 6.04 Å². The number of Topliss-reactive ketones (excluding diaryl/α,β-unsaturated/α-hetero) is 1. The highest BCUT2D eigenvalue weighted by Gasteiger charge is 2.17. The summed E-state index contributed by atoms with van der Waals surface area (Å²) in [6.07, 6.45) is 0.261. The number of aryl methyl sites for hydroxylation is 1. The molecule has 4 heteroatoms. The summed E-state index contributed by atoms with van der Waals surface area (Å²) in [5, 5.41) is 4.06. The minimum absolute atomic E-state index is 0.0444. The summed E-state index contributed by atoms with van der Waals surface area (Å²) in [5.74, 6) is -0.395. The molecular weight excluding hydrogens is 349 g/mol. The van der Waals surface area contributed by atoms with Gasteiger partial charge in [0, 0.05) is 22.7 Å². The Morgan fingerprint density at radius 1 is 0.962 bits per heavy atom. The van der Waals surface area contributed by atoms with E-state index >= 15 is 0 Å². The summed E-state index contributed by atoms with van der Waals surface area (Å²) in [6.45, 7) is 2.02. The van der Waals surface area contributed by atoms with Crippen LogP contribution in [-0.2, 0) is 0 Å². The van der Waals surface area contributed by atoms with E-state index in [0.29, 0.717) is 10.6 Å².